The summed E-state index contributed by atoms with van der Waals surface area (Å²) in [6.07, 6.45) is 1.32. The van der Waals surface area contributed by atoms with Crippen LogP contribution in [0.4, 0.5) is 0 Å². The number of nitrogens with zero attached hydrogens (tertiary/aromatic N) is 2. The van der Waals surface area contributed by atoms with Crippen LogP contribution < -0.4 is 5.32 Å². The van der Waals surface area contributed by atoms with Gasteiger partial charge < -0.3 is 10.4 Å². The SMILES string of the molecule is N#CCCNC(=O)CN1CCC(CC(=O)O)C1. The van der Waals surface area contributed by atoms with E-state index in [9.17, 15) is 9.59 Å². The molecule has 1 amide bonds. The third kappa shape index (κ3) is 5.31. The topological polar surface area (TPSA) is 93.4 Å². The molecule has 0 aromatic rings. The standard InChI is InChI=1S/C11H17N3O3/c12-3-1-4-13-10(15)8-14-5-2-9(7-14)6-11(16)17/h9H,1-2,4-8H2,(H,13,15)(H,16,17). The molecule has 1 aliphatic heterocycles. The van der Waals surface area contributed by atoms with E-state index in [0.717, 1.165) is 13.0 Å². The highest BCUT2D eigenvalue weighted by Gasteiger charge is 2.25. The second-order valence-corrected chi connectivity index (χ2v) is 4.25. The summed E-state index contributed by atoms with van der Waals surface area (Å²) >= 11 is 0. The number of carboxylic acid groups (broad SMARTS) is 1. The molecule has 1 unspecified atom stereocenters. The van der Waals surface area contributed by atoms with E-state index in [1.54, 1.807) is 0 Å². The highest BCUT2D eigenvalue weighted by Crippen LogP contribution is 2.18. The first-order valence-electron chi connectivity index (χ1n) is 5.69. The smallest absolute Gasteiger partial charge is 0.303 e. The van der Waals surface area contributed by atoms with Crippen LogP contribution in [0.1, 0.15) is 19.3 Å². The summed E-state index contributed by atoms with van der Waals surface area (Å²) in [6.45, 7) is 2.10. The molecule has 0 aliphatic carbocycles. The lowest BCUT2D eigenvalue weighted by molar-refractivity contribution is -0.138. The van der Waals surface area contributed by atoms with Gasteiger partial charge >= 0.3 is 5.97 Å². The van der Waals surface area contributed by atoms with E-state index in [1.165, 1.54) is 0 Å². The van der Waals surface area contributed by atoms with E-state index in [1.807, 2.05) is 11.0 Å². The van der Waals surface area contributed by atoms with Crippen molar-refractivity contribution in [1.29, 1.82) is 5.26 Å². The fraction of sp³-hybridized carbons (Fsp3) is 0.727. The first-order valence-corrected chi connectivity index (χ1v) is 5.69. The van der Waals surface area contributed by atoms with Crippen LogP contribution in [-0.4, -0.2) is 48.1 Å². The Morgan fingerprint density at radius 2 is 2.29 bits per heavy atom. The van der Waals surface area contributed by atoms with Crippen LogP contribution in [-0.2, 0) is 9.59 Å². The summed E-state index contributed by atoms with van der Waals surface area (Å²) in [5, 5.41) is 19.6. The van der Waals surface area contributed by atoms with Crippen LogP contribution in [0.2, 0.25) is 0 Å². The number of likely N-dealkylation sites (tertiary alicyclic amines) is 1. The molecule has 0 radical (unpaired) electrons. The molecule has 1 heterocycles. The number of carbonyl (C=O) groups excluding carboxylic acids is 1. The molecule has 94 valence electrons. The van der Waals surface area contributed by atoms with Gasteiger partial charge in [0.1, 0.15) is 0 Å². The number of nitriles is 1. The maximum Gasteiger partial charge on any atom is 0.303 e. The number of aliphatic carboxylic acids is 1. The quantitative estimate of drug-likeness (QED) is 0.627. The van der Waals surface area contributed by atoms with Gasteiger partial charge in [0.2, 0.25) is 5.91 Å². The fourth-order valence-corrected chi connectivity index (χ4v) is 1.99. The van der Waals surface area contributed by atoms with Crippen molar-refractivity contribution < 1.29 is 14.7 Å². The minimum Gasteiger partial charge on any atom is -0.481 e. The fourth-order valence-electron chi connectivity index (χ4n) is 1.99. The predicted octanol–water partition coefficient (Wildman–Crippen LogP) is -0.187. The van der Waals surface area contributed by atoms with Crippen LogP contribution in [0.15, 0.2) is 0 Å². The number of amides is 1. The number of carboxylic acids is 1. The average molecular weight is 239 g/mol. The number of rotatable bonds is 6. The molecule has 6 nitrogen and oxygen atoms in total. The molecule has 2 N–H and O–H groups in total. The largest absolute Gasteiger partial charge is 0.481 e. The van der Waals surface area contributed by atoms with Crippen LogP contribution >= 0.6 is 0 Å². The van der Waals surface area contributed by atoms with Gasteiger partial charge in [-0.05, 0) is 18.9 Å². The summed E-state index contributed by atoms with van der Waals surface area (Å²) in [7, 11) is 0. The van der Waals surface area contributed by atoms with Crippen LogP contribution in [0.3, 0.4) is 0 Å². The average Bonchev–Trinajstić information content (AvgIpc) is 2.64. The monoisotopic (exact) mass is 239 g/mol. The minimum absolute atomic E-state index is 0.101. The van der Waals surface area contributed by atoms with E-state index >= 15 is 0 Å². The zero-order valence-electron chi connectivity index (χ0n) is 9.69. The van der Waals surface area contributed by atoms with Crippen molar-refractivity contribution >= 4 is 11.9 Å². The van der Waals surface area contributed by atoms with Crippen molar-refractivity contribution in [3.63, 3.8) is 0 Å². The summed E-state index contributed by atoms with van der Waals surface area (Å²) in [5.74, 6) is -0.731. The van der Waals surface area contributed by atoms with Gasteiger partial charge in [-0.1, -0.05) is 0 Å². The molecule has 0 bridgehead atoms. The lowest BCUT2D eigenvalue weighted by Gasteiger charge is -2.14. The van der Waals surface area contributed by atoms with E-state index < -0.39 is 5.97 Å². The van der Waals surface area contributed by atoms with Gasteiger partial charge in [-0.15, -0.1) is 0 Å². The van der Waals surface area contributed by atoms with Crippen LogP contribution in [0, 0.1) is 17.2 Å². The summed E-state index contributed by atoms with van der Waals surface area (Å²) in [4.78, 5) is 23.9. The van der Waals surface area contributed by atoms with Gasteiger partial charge in [0.05, 0.1) is 19.0 Å². The van der Waals surface area contributed by atoms with E-state index in [-0.39, 0.29) is 18.2 Å². The Bertz CT molecular complexity index is 324. The van der Waals surface area contributed by atoms with Crippen molar-refractivity contribution in [2.45, 2.75) is 19.3 Å². The van der Waals surface area contributed by atoms with E-state index in [4.69, 9.17) is 10.4 Å². The van der Waals surface area contributed by atoms with Gasteiger partial charge in [-0.25, -0.2) is 0 Å². The molecule has 0 aromatic carbocycles. The van der Waals surface area contributed by atoms with E-state index in [0.29, 0.717) is 26.1 Å². The lowest BCUT2D eigenvalue weighted by Crippen LogP contribution is -2.36. The Balaban J connectivity index is 2.19. The third-order valence-corrected chi connectivity index (χ3v) is 2.76. The predicted molar refractivity (Wildman–Crippen MR) is 60.0 cm³/mol. The zero-order valence-corrected chi connectivity index (χ0v) is 9.69. The van der Waals surface area contributed by atoms with Crippen molar-refractivity contribution in [1.82, 2.24) is 10.2 Å². The van der Waals surface area contributed by atoms with Gasteiger partial charge in [-0.2, -0.15) is 5.26 Å². The Labute approximate surface area is 100 Å². The Morgan fingerprint density at radius 1 is 1.53 bits per heavy atom. The first-order chi connectivity index (χ1) is 8.11. The molecule has 0 spiro atoms. The Kier molecular flexibility index (Phi) is 5.43. The third-order valence-electron chi connectivity index (χ3n) is 2.76. The molecule has 1 saturated heterocycles. The molecule has 0 saturated carbocycles. The number of hydrogen-bond acceptors (Lipinski definition) is 4. The molecule has 6 heteroatoms. The van der Waals surface area contributed by atoms with Gasteiger partial charge in [0, 0.05) is 19.5 Å². The Hall–Kier alpha value is -1.61. The maximum absolute atomic E-state index is 11.4. The molecular weight excluding hydrogens is 222 g/mol. The second-order valence-electron chi connectivity index (χ2n) is 4.25. The maximum atomic E-state index is 11.4. The molecule has 1 fully saturated rings. The highest BCUT2D eigenvalue weighted by molar-refractivity contribution is 5.78. The van der Waals surface area contributed by atoms with E-state index in [2.05, 4.69) is 5.32 Å². The molecule has 1 rings (SSSR count). The summed E-state index contributed by atoms with van der Waals surface area (Å²) in [6, 6.07) is 1.95. The number of nitrogens with one attached hydrogen (secondary N) is 1. The molecule has 0 aromatic heterocycles. The first kappa shape index (κ1) is 13.5. The summed E-state index contributed by atoms with van der Waals surface area (Å²) in [5.41, 5.74) is 0. The van der Waals surface area contributed by atoms with Gasteiger partial charge in [-0.3, -0.25) is 14.5 Å². The number of carbonyl (C=O) groups is 2. The molecule has 17 heavy (non-hydrogen) atoms. The molecular formula is C11H17N3O3. The second kappa shape index (κ2) is 6.86. The van der Waals surface area contributed by atoms with Crippen molar-refractivity contribution in [3.8, 4) is 6.07 Å². The lowest BCUT2D eigenvalue weighted by atomic mass is 10.1. The normalized spacial score (nSPS) is 19.8. The zero-order chi connectivity index (χ0) is 12.7. The Morgan fingerprint density at radius 3 is 2.94 bits per heavy atom. The summed E-state index contributed by atoms with van der Waals surface area (Å²) < 4.78 is 0. The number of hydrogen-bond donors (Lipinski definition) is 2. The minimum atomic E-state index is -0.782. The van der Waals surface area contributed by atoms with Crippen molar-refractivity contribution in [2.75, 3.05) is 26.2 Å². The van der Waals surface area contributed by atoms with Gasteiger partial charge in [0.25, 0.3) is 0 Å². The van der Waals surface area contributed by atoms with Crippen LogP contribution in [0.5, 0.6) is 0 Å². The van der Waals surface area contributed by atoms with Crippen molar-refractivity contribution in [3.05, 3.63) is 0 Å². The van der Waals surface area contributed by atoms with Gasteiger partial charge in [0.15, 0.2) is 0 Å². The molecule has 1 aliphatic rings. The van der Waals surface area contributed by atoms with Crippen molar-refractivity contribution in [2.24, 2.45) is 5.92 Å². The van der Waals surface area contributed by atoms with Crippen LogP contribution in [0.25, 0.3) is 0 Å². The highest BCUT2D eigenvalue weighted by atomic mass is 16.4. The molecule has 1 atom stereocenters.